The van der Waals surface area contributed by atoms with Gasteiger partial charge in [-0.2, -0.15) is 4.98 Å². The molecule has 3 N–H and O–H groups in total. The van der Waals surface area contributed by atoms with Gasteiger partial charge >= 0.3 is 0 Å². The van der Waals surface area contributed by atoms with Crippen molar-refractivity contribution in [3.05, 3.63) is 54.1 Å². The number of rotatable bonds is 6. The maximum absolute atomic E-state index is 10.1. The van der Waals surface area contributed by atoms with Gasteiger partial charge in [0.25, 0.3) is 0 Å². The lowest BCUT2D eigenvalue weighted by molar-refractivity contribution is 0.122. The third-order valence-corrected chi connectivity index (χ3v) is 5.11. The van der Waals surface area contributed by atoms with Crippen LogP contribution in [0.1, 0.15) is 18.6 Å². The molecule has 0 saturated carbocycles. The number of phenolic OH excluding ortho intramolecular Hbond substituents is 1. The summed E-state index contributed by atoms with van der Waals surface area (Å²) >= 11 is 0. The summed E-state index contributed by atoms with van der Waals surface area (Å²) in [5.41, 5.74) is 2.84. The Morgan fingerprint density at radius 3 is 2.58 bits per heavy atom. The number of morpholine rings is 1. The van der Waals surface area contributed by atoms with Crippen molar-refractivity contribution in [2.24, 2.45) is 0 Å². The Bertz CT molecular complexity index is 1050. The summed E-state index contributed by atoms with van der Waals surface area (Å²) < 4.78 is 11.0. The smallest absolute Gasteiger partial charge is 0.228 e. The normalized spacial score (nSPS) is 14.9. The molecule has 1 saturated heterocycles. The largest absolute Gasteiger partial charge is 0.508 e. The predicted molar refractivity (Wildman–Crippen MR) is 119 cm³/mol. The van der Waals surface area contributed by atoms with Crippen LogP contribution in [-0.2, 0) is 4.74 Å². The molecule has 8 heteroatoms. The first-order valence-electron chi connectivity index (χ1n) is 10.2. The second kappa shape index (κ2) is 9.20. The Morgan fingerprint density at radius 2 is 1.87 bits per heavy atom. The van der Waals surface area contributed by atoms with Crippen LogP contribution in [0.3, 0.4) is 0 Å². The van der Waals surface area contributed by atoms with Gasteiger partial charge in [-0.15, -0.1) is 0 Å². The molecule has 31 heavy (non-hydrogen) atoms. The third-order valence-electron chi connectivity index (χ3n) is 5.11. The minimum Gasteiger partial charge on any atom is -0.508 e. The molecular formula is C23H26N4O4. The molecule has 8 nitrogen and oxygen atoms in total. The molecule has 1 aromatic heterocycles. The molecule has 162 valence electrons. The maximum atomic E-state index is 10.1. The van der Waals surface area contributed by atoms with Gasteiger partial charge in [0, 0.05) is 30.3 Å². The van der Waals surface area contributed by atoms with Crippen molar-refractivity contribution in [1.29, 1.82) is 0 Å². The van der Waals surface area contributed by atoms with E-state index >= 15 is 0 Å². The number of aromatic nitrogens is 2. The zero-order valence-corrected chi connectivity index (χ0v) is 17.6. The Balaban J connectivity index is 1.76. The molecule has 2 heterocycles. The first-order valence-corrected chi connectivity index (χ1v) is 10.2. The first kappa shape index (κ1) is 20.9. The van der Waals surface area contributed by atoms with E-state index in [0.717, 1.165) is 5.56 Å². The summed E-state index contributed by atoms with van der Waals surface area (Å²) in [5, 5.41) is 23.3. The SMILES string of the molecule is COc1c(Nc2cc(-c3cccc(O)c3)nc(N3CCOCC3)n2)cccc1C(C)O. The summed E-state index contributed by atoms with van der Waals surface area (Å²) in [7, 11) is 1.57. The third kappa shape index (κ3) is 4.70. The van der Waals surface area contributed by atoms with Gasteiger partial charge in [0.1, 0.15) is 17.3 Å². The van der Waals surface area contributed by atoms with E-state index in [4.69, 9.17) is 19.4 Å². The second-order valence-electron chi connectivity index (χ2n) is 7.32. The number of phenols is 1. The Hall–Kier alpha value is -3.36. The van der Waals surface area contributed by atoms with Gasteiger partial charge in [-0.05, 0) is 25.1 Å². The zero-order valence-electron chi connectivity index (χ0n) is 17.6. The van der Waals surface area contributed by atoms with Crippen LogP contribution in [0.15, 0.2) is 48.5 Å². The van der Waals surface area contributed by atoms with E-state index in [9.17, 15) is 10.2 Å². The summed E-state index contributed by atoms with van der Waals surface area (Å²) in [6.07, 6.45) is -0.672. The zero-order chi connectivity index (χ0) is 21.8. The quantitative estimate of drug-likeness (QED) is 0.555. The number of nitrogens with zero attached hydrogens (tertiary/aromatic N) is 3. The number of hydrogen-bond acceptors (Lipinski definition) is 8. The molecule has 0 amide bonds. The van der Waals surface area contributed by atoms with Gasteiger partial charge in [-0.1, -0.05) is 24.3 Å². The molecule has 0 aliphatic carbocycles. The molecule has 0 spiro atoms. The van der Waals surface area contributed by atoms with Crippen molar-refractivity contribution in [3.63, 3.8) is 0 Å². The number of aliphatic hydroxyl groups excluding tert-OH is 1. The Labute approximate surface area is 181 Å². The molecule has 1 aliphatic rings. The van der Waals surface area contributed by atoms with Crippen LogP contribution >= 0.6 is 0 Å². The fraction of sp³-hybridized carbons (Fsp3) is 0.304. The van der Waals surface area contributed by atoms with Crippen molar-refractivity contribution >= 4 is 17.5 Å². The van der Waals surface area contributed by atoms with Crippen LogP contribution in [0, 0.1) is 0 Å². The highest BCUT2D eigenvalue weighted by Gasteiger charge is 2.18. The second-order valence-corrected chi connectivity index (χ2v) is 7.32. The van der Waals surface area contributed by atoms with E-state index in [1.807, 2.05) is 30.3 Å². The number of para-hydroxylation sites is 1. The lowest BCUT2D eigenvalue weighted by atomic mass is 10.1. The lowest BCUT2D eigenvalue weighted by Gasteiger charge is -2.27. The van der Waals surface area contributed by atoms with Gasteiger partial charge < -0.3 is 29.9 Å². The standard InChI is InChI=1S/C23H26N4O4/c1-15(28)18-7-4-8-19(22(18)30-2)24-21-14-20(16-5-3-6-17(29)13-16)25-23(26-21)27-9-11-31-12-10-27/h3-8,13-15,28-29H,9-12H2,1-2H3,(H,24,25,26). The highest BCUT2D eigenvalue weighted by Crippen LogP contribution is 2.35. The van der Waals surface area contributed by atoms with Gasteiger partial charge in [-0.25, -0.2) is 4.98 Å². The minimum atomic E-state index is -0.672. The monoisotopic (exact) mass is 422 g/mol. The number of benzene rings is 2. The molecule has 1 fully saturated rings. The number of nitrogens with one attached hydrogen (secondary N) is 1. The van der Waals surface area contributed by atoms with Crippen LogP contribution in [0.25, 0.3) is 11.3 Å². The highest BCUT2D eigenvalue weighted by molar-refractivity contribution is 5.71. The van der Waals surface area contributed by atoms with Crippen molar-refractivity contribution in [2.75, 3.05) is 43.6 Å². The van der Waals surface area contributed by atoms with E-state index in [1.165, 1.54) is 0 Å². The first-order chi connectivity index (χ1) is 15.0. The van der Waals surface area contributed by atoms with Gasteiger partial charge in [0.15, 0.2) is 0 Å². The van der Waals surface area contributed by atoms with Crippen LogP contribution in [-0.4, -0.2) is 53.6 Å². The van der Waals surface area contributed by atoms with E-state index in [-0.39, 0.29) is 5.75 Å². The molecule has 0 bridgehead atoms. The number of hydrogen-bond donors (Lipinski definition) is 3. The van der Waals surface area contributed by atoms with Crippen LogP contribution in [0.4, 0.5) is 17.5 Å². The number of anilines is 3. The fourth-order valence-electron chi connectivity index (χ4n) is 3.56. The summed E-state index contributed by atoms with van der Waals surface area (Å²) in [6, 6.07) is 14.3. The van der Waals surface area contributed by atoms with Crippen molar-refractivity contribution in [2.45, 2.75) is 13.0 Å². The Kier molecular flexibility index (Phi) is 6.20. The summed E-state index contributed by atoms with van der Waals surface area (Å²) in [5.74, 6) is 1.89. The molecule has 1 unspecified atom stereocenters. The van der Waals surface area contributed by atoms with Crippen LogP contribution in [0.5, 0.6) is 11.5 Å². The Morgan fingerprint density at radius 1 is 1.10 bits per heavy atom. The summed E-state index contributed by atoms with van der Waals surface area (Å²) in [6.45, 7) is 4.33. The molecular weight excluding hydrogens is 396 g/mol. The predicted octanol–water partition coefficient (Wildman–Crippen LogP) is 3.49. The number of ether oxygens (including phenoxy) is 2. The maximum Gasteiger partial charge on any atom is 0.228 e. The lowest BCUT2D eigenvalue weighted by Crippen LogP contribution is -2.37. The molecule has 3 aromatic rings. The van der Waals surface area contributed by atoms with Crippen molar-refractivity contribution in [1.82, 2.24) is 9.97 Å². The van der Waals surface area contributed by atoms with Crippen LogP contribution in [0.2, 0.25) is 0 Å². The van der Waals surface area contributed by atoms with Crippen molar-refractivity contribution < 1.29 is 19.7 Å². The average Bonchev–Trinajstić information content (AvgIpc) is 2.79. The van der Waals surface area contributed by atoms with E-state index in [2.05, 4.69) is 10.2 Å². The minimum absolute atomic E-state index is 0.171. The van der Waals surface area contributed by atoms with E-state index in [1.54, 1.807) is 32.2 Å². The topological polar surface area (TPSA) is 100.0 Å². The molecule has 0 radical (unpaired) electrons. The number of methoxy groups -OCH3 is 1. The number of aliphatic hydroxyl groups is 1. The van der Waals surface area contributed by atoms with E-state index < -0.39 is 6.10 Å². The molecule has 1 aliphatic heterocycles. The number of aromatic hydroxyl groups is 1. The van der Waals surface area contributed by atoms with Gasteiger partial charge in [-0.3, -0.25) is 0 Å². The highest BCUT2D eigenvalue weighted by atomic mass is 16.5. The molecule has 2 aromatic carbocycles. The van der Waals surface area contributed by atoms with Crippen molar-refractivity contribution in [3.8, 4) is 22.8 Å². The van der Waals surface area contributed by atoms with Gasteiger partial charge in [0.05, 0.1) is 37.8 Å². The molecule has 4 rings (SSSR count). The van der Waals surface area contributed by atoms with E-state index in [0.29, 0.717) is 60.8 Å². The summed E-state index contributed by atoms with van der Waals surface area (Å²) in [4.78, 5) is 11.5. The average molecular weight is 422 g/mol. The van der Waals surface area contributed by atoms with Gasteiger partial charge in [0.2, 0.25) is 5.95 Å². The van der Waals surface area contributed by atoms with Crippen LogP contribution < -0.4 is 15.0 Å². The fourth-order valence-corrected chi connectivity index (χ4v) is 3.56. The molecule has 1 atom stereocenters.